The monoisotopic (exact) mass is 312 g/mol. The first-order valence-electron chi connectivity index (χ1n) is 9.10. The molecule has 0 saturated heterocycles. The summed E-state index contributed by atoms with van der Waals surface area (Å²) in [7, 11) is 1.43. The maximum Gasteiger partial charge on any atom is 0.305 e. The van der Waals surface area contributed by atoms with Crippen molar-refractivity contribution in [2.75, 3.05) is 7.11 Å². The molecular formula is C19H36O3. The molecule has 0 rings (SSSR count). The first-order chi connectivity index (χ1) is 10.7. The fourth-order valence-corrected chi connectivity index (χ4v) is 2.48. The van der Waals surface area contributed by atoms with Gasteiger partial charge in [-0.2, -0.15) is 0 Å². The van der Waals surface area contributed by atoms with Gasteiger partial charge in [-0.15, -0.1) is 0 Å². The van der Waals surface area contributed by atoms with E-state index in [4.69, 9.17) is 0 Å². The smallest absolute Gasteiger partial charge is 0.305 e. The van der Waals surface area contributed by atoms with Crippen LogP contribution in [0.2, 0.25) is 0 Å². The van der Waals surface area contributed by atoms with E-state index in [1.165, 1.54) is 39.2 Å². The topological polar surface area (TPSA) is 46.5 Å². The average molecular weight is 312 g/mol. The van der Waals surface area contributed by atoms with Gasteiger partial charge in [0.25, 0.3) is 0 Å². The summed E-state index contributed by atoms with van der Waals surface area (Å²) in [6.45, 7) is 2.23. The zero-order valence-electron chi connectivity index (χ0n) is 14.7. The van der Waals surface area contributed by atoms with E-state index in [9.17, 15) is 9.90 Å². The van der Waals surface area contributed by atoms with Gasteiger partial charge in [-0.25, -0.2) is 0 Å². The van der Waals surface area contributed by atoms with Crippen molar-refractivity contribution in [2.24, 2.45) is 0 Å². The Hall–Kier alpha value is -0.830. The van der Waals surface area contributed by atoms with Crippen LogP contribution in [0.5, 0.6) is 0 Å². The van der Waals surface area contributed by atoms with E-state index in [2.05, 4.69) is 23.8 Å². The molecule has 3 heteroatoms. The Morgan fingerprint density at radius 1 is 0.955 bits per heavy atom. The van der Waals surface area contributed by atoms with Crippen molar-refractivity contribution < 1.29 is 14.6 Å². The summed E-state index contributed by atoms with van der Waals surface area (Å²) in [5, 5.41) is 9.91. The third-order valence-electron chi connectivity index (χ3n) is 3.95. The molecule has 1 unspecified atom stereocenters. The number of aliphatic hydroxyl groups excluding tert-OH is 1. The number of methoxy groups -OCH3 is 1. The molecule has 130 valence electrons. The molecule has 22 heavy (non-hydrogen) atoms. The van der Waals surface area contributed by atoms with E-state index < -0.39 is 0 Å². The highest BCUT2D eigenvalue weighted by Crippen LogP contribution is 2.12. The van der Waals surface area contributed by atoms with Gasteiger partial charge in [0, 0.05) is 6.42 Å². The SMILES string of the molecule is CCCCCCCCC(O)CCC/C=C\CCCC(=O)OC. The van der Waals surface area contributed by atoms with Crippen LogP contribution in [-0.2, 0) is 9.53 Å². The first kappa shape index (κ1) is 21.2. The van der Waals surface area contributed by atoms with E-state index in [-0.39, 0.29) is 12.1 Å². The summed E-state index contributed by atoms with van der Waals surface area (Å²) >= 11 is 0. The largest absolute Gasteiger partial charge is 0.469 e. The highest BCUT2D eigenvalue weighted by atomic mass is 16.5. The van der Waals surface area contributed by atoms with Gasteiger partial charge in [-0.3, -0.25) is 4.79 Å². The summed E-state index contributed by atoms with van der Waals surface area (Å²) in [4.78, 5) is 10.9. The number of carbonyl (C=O) groups excluding carboxylic acids is 1. The standard InChI is InChI=1S/C19H36O3/c1-3-4-5-6-9-12-15-18(20)16-13-10-7-8-11-14-17-19(21)22-2/h7-8,18,20H,3-6,9-17H2,1-2H3/b8-7-. The van der Waals surface area contributed by atoms with Gasteiger partial charge in [-0.05, 0) is 38.5 Å². The van der Waals surface area contributed by atoms with Crippen molar-refractivity contribution in [1.29, 1.82) is 0 Å². The van der Waals surface area contributed by atoms with Crippen LogP contribution in [0.15, 0.2) is 12.2 Å². The lowest BCUT2D eigenvalue weighted by Gasteiger charge is -2.09. The van der Waals surface area contributed by atoms with Crippen molar-refractivity contribution >= 4 is 5.97 Å². The molecule has 0 aliphatic carbocycles. The number of rotatable bonds is 15. The molecule has 0 aromatic carbocycles. The summed E-state index contributed by atoms with van der Waals surface area (Å²) in [5.41, 5.74) is 0. The number of hydrogen-bond donors (Lipinski definition) is 1. The predicted octanol–water partition coefficient (Wildman–Crippen LogP) is 5.17. The Morgan fingerprint density at radius 3 is 2.23 bits per heavy atom. The zero-order valence-corrected chi connectivity index (χ0v) is 14.7. The van der Waals surface area contributed by atoms with Crippen molar-refractivity contribution in [2.45, 2.75) is 96.5 Å². The molecule has 0 aromatic rings. The van der Waals surface area contributed by atoms with Crippen molar-refractivity contribution in [3.8, 4) is 0 Å². The minimum atomic E-state index is -0.133. The van der Waals surface area contributed by atoms with Gasteiger partial charge < -0.3 is 9.84 Å². The second-order valence-corrected chi connectivity index (χ2v) is 6.08. The summed E-state index contributed by atoms with van der Waals surface area (Å²) in [5.74, 6) is -0.133. The van der Waals surface area contributed by atoms with Gasteiger partial charge in [0.2, 0.25) is 0 Å². The van der Waals surface area contributed by atoms with E-state index in [0.29, 0.717) is 6.42 Å². The number of unbranched alkanes of at least 4 members (excludes halogenated alkanes) is 7. The minimum Gasteiger partial charge on any atom is -0.469 e. The Balaban J connectivity index is 3.30. The second kappa shape index (κ2) is 16.5. The third kappa shape index (κ3) is 15.6. The zero-order chi connectivity index (χ0) is 16.5. The van der Waals surface area contributed by atoms with Crippen LogP contribution in [0.3, 0.4) is 0 Å². The van der Waals surface area contributed by atoms with Crippen molar-refractivity contribution in [1.82, 2.24) is 0 Å². The van der Waals surface area contributed by atoms with Gasteiger partial charge in [0.05, 0.1) is 13.2 Å². The molecule has 0 radical (unpaired) electrons. The molecule has 0 spiro atoms. The summed E-state index contributed by atoms with van der Waals surface area (Å²) < 4.78 is 4.59. The molecule has 1 N–H and O–H groups in total. The number of ether oxygens (including phenoxy) is 1. The maximum atomic E-state index is 10.9. The Bertz CT molecular complexity index is 274. The molecule has 0 aromatic heterocycles. The second-order valence-electron chi connectivity index (χ2n) is 6.08. The van der Waals surface area contributed by atoms with Crippen LogP contribution >= 0.6 is 0 Å². The molecular weight excluding hydrogens is 276 g/mol. The quantitative estimate of drug-likeness (QED) is 0.258. The van der Waals surface area contributed by atoms with E-state index in [1.54, 1.807) is 0 Å². The fourth-order valence-electron chi connectivity index (χ4n) is 2.48. The van der Waals surface area contributed by atoms with Crippen molar-refractivity contribution in [3.05, 3.63) is 12.2 Å². The highest BCUT2D eigenvalue weighted by molar-refractivity contribution is 5.68. The van der Waals surface area contributed by atoms with Crippen LogP contribution in [0, 0.1) is 0 Å². The Labute approximate surface area is 137 Å². The number of hydrogen-bond acceptors (Lipinski definition) is 3. The summed E-state index contributed by atoms with van der Waals surface area (Å²) in [6.07, 6.45) is 18.1. The number of esters is 1. The average Bonchev–Trinajstić information content (AvgIpc) is 2.52. The maximum absolute atomic E-state index is 10.9. The van der Waals surface area contributed by atoms with E-state index in [0.717, 1.165) is 44.9 Å². The highest BCUT2D eigenvalue weighted by Gasteiger charge is 2.03. The number of allylic oxidation sites excluding steroid dienone is 2. The Morgan fingerprint density at radius 2 is 1.55 bits per heavy atom. The molecule has 0 aliphatic rings. The molecule has 3 nitrogen and oxygen atoms in total. The van der Waals surface area contributed by atoms with Crippen LogP contribution < -0.4 is 0 Å². The summed E-state index contributed by atoms with van der Waals surface area (Å²) in [6, 6.07) is 0. The predicted molar refractivity (Wildman–Crippen MR) is 92.9 cm³/mol. The van der Waals surface area contributed by atoms with E-state index in [1.807, 2.05) is 0 Å². The molecule has 0 fully saturated rings. The first-order valence-corrected chi connectivity index (χ1v) is 9.10. The lowest BCUT2D eigenvalue weighted by atomic mass is 10.0. The van der Waals surface area contributed by atoms with Crippen LogP contribution in [0.4, 0.5) is 0 Å². The minimum absolute atomic E-state index is 0.126. The molecule has 0 heterocycles. The molecule has 0 amide bonds. The number of carbonyl (C=O) groups is 1. The fraction of sp³-hybridized carbons (Fsp3) is 0.842. The molecule has 0 aliphatic heterocycles. The lowest BCUT2D eigenvalue weighted by Crippen LogP contribution is -2.05. The molecule has 0 saturated carbocycles. The van der Waals surface area contributed by atoms with Gasteiger partial charge in [0.1, 0.15) is 0 Å². The normalized spacial score (nSPS) is 12.7. The lowest BCUT2D eigenvalue weighted by molar-refractivity contribution is -0.140. The molecule has 0 bridgehead atoms. The van der Waals surface area contributed by atoms with E-state index >= 15 is 0 Å². The third-order valence-corrected chi connectivity index (χ3v) is 3.95. The van der Waals surface area contributed by atoms with Crippen LogP contribution in [0.1, 0.15) is 90.4 Å². The van der Waals surface area contributed by atoms with Crippen molar-refractivity contribution in [3.63, 3.8) is 0 Å². The van der Waals surface area contributed by atoms with Crippen LogP contribution in [-0.4, -0.2) is 24.3 Å². The van der Waals surface area contributed by atoms with Crippen LogP contribution in [0.25, 0.3) is 0 Å². The number of aliphatic hydroxyl groups is 1. The van der Waals surface area contributed by atoms with Gasteiger partial charge in [-0.1, -0.05) is 57.6 Å². The Kier molecular flexibility index (Phi) is 15.9. The van der Waals surface area contributed by atoms with Gasteiger partial charge >= 0.3 is 5.97 Å². The molecule has 1 atom stereocenters. The van der Waals surface area contributed by atoms with Gasteiger partial charge in [0.15, 0.2) is 0 Å².